The van der Waals surface area contributed by atoms with Crippen LogP contribution in [0.4, 0.5) is 11.8 Å². The minimum atomic E-state index is -0.364. The molecular formula is C9H9N7O. The van der Waals surface area contributed by atoms with E-state index >= 15 is 0 Å². The number of hydrogen-bond acceptors (Lipinski definition) is 7. The zero-order chi connectivity index (χ0) is 12.1. The summed E-state index contributed by atoms with van der Waals surface area (Å²) >= 11 is 0. The predicted octanol–water partition coefficient (Wildman–Crippen LogP) is -0.196. The minimum absolute atomic E-state index is 0.136. The molecule has 4 N–H and O–H groups in total. The number of rotatable bonds is 3. The molecule has 0 radical (unpaired) electrons. The average molecular weight is 231 g/mol. The van der Waals surface area contributed by atoms with E-state index in [9.17, 15) is 4.79 Å². The Morgan fingerprint density at radius 1 is 1.24 bits per heavy atom. The summed E-state index contributed by atoms with van der Waals surface area (Å²) in [6.45, 7) is 0. The zero-order valence-corrected chi connectivity index (χ0v) is 8.66. The molecule has 0 bridgehead atoms. The molecule has 86 valence electrons. The van der Waals surface area contributed by atoms with Gasteiger partial charge in [0.15, 0.2) is 0 Å². The van der Waals surface area contributed by atoms with Crippen LogP contribution >= 0.6 is 0 Å². The summed E-state index contributed by atoms with van der Waals surface area (Å²) in [7, 11) is 0. The van der Waals surface area contributed by atoms with Crippen LogP contribution in [0, 0.1) is 0 Å². The molecule has 0 fully saturated rings. The Bertz CT molecular complexity index is 516. The van der Waals surface area contributed by atoms with Crippen molar-refractivity contribution in [1.82, 2.24) is 20.2 Å². The number of pyridine rings is 1. The Morgan fingerprint density at radius 2 is 2.12 bits per heavy atom. The number of nitrogens with two attached hydrogens (primary N) is 1. The third-order valence-corrected chi connectivity index (χ3v) is 1.88. The highest BCUT2D eigenvalue weighted by Crippen LogP contribution is 2.07. The van der Waals surface area contributed by atoms with Crippen LogP contribution in [0.3, 0.4) is 0 Å². The van der Waals surface area contributed by atoms with E-state index in [0.717, 1.165) is 0 Å². The second-order valence-electron chi connectivity index (χ2n) is 2.99. The van der Waals surface area contributed by atoms with E-state index in [-0.39, 0.29) is 11.9 Å². The van der Waals surface area contributed by atoms with Crippen LogP contribution in [-0.2, 0) is 0 Å². The van der Waals surface area contributed by atoms with Gasteiger partial charge in [0.05, 0.1) is 12.4 Å². The maximum absolute atomic E-state index is 11.8. The van der Waals surface area contributed by atoms with Crippen molar-refractivity contribution in [2.45, 2.75) is 0 Å². The van der Waals surface area contributed by atoms with Crippen molar-refractivity contribution in [1.29, 1.82) is 0 Å². The van der Waals surface area contributed by atoms with Gasteiger partial charge in [0.2, 0.25) is 5.95 Å². The topological polar surface area (TPSA) is 119 Å². The molecular weight excluding hydrogens is 222 g/mol. The molecule has 0 spiro atoms. The summed E-state index contributed by atoms with van der Waals surface area (Å²) in [5.41, 5.74) is 2.74. The van der Waals surface area contributed by atoms with Gasteiger partial charge in [0, 0.05) is 11.8 Å². The number of nitrogens with zero attached hydrogens (tertiary/aromatic N) is 4. The van der Waals surface area contributed by atoms with E-state index in [1.165, 1.54) is 24.7 Å². The standard InChI is InChI=1S/C9H9N7O/c10-15-7-5-6(1-2-11-7)8(17)14-9-12-3-4-13-16-9/h1-5H,10H2,(H,11,15)(H,12,14,16,17). The van der Waals surface area contributed by atoms with Crippen LogP contribution in [0.15, 0.2) is 30.7 Å². The molecule has 0 aliphatic heterocycles. The van der Waals surface area contributed by atoms with Crippen LogP contribution in [0.25, 0.3) is 0 Å². The van der Waals surface area contributed by atoms with Crippen molar-refractivity contribution in [2.75, 3.05) is 10.7 Å². The van der Waals surface area contributed by atoms with E-state index in [1.54, 1.807) is 6.07 Å². The van der Waals surface area contributed by atoms with Crippen LogP contribution in [0.2, 0.25) is 0 Å². The molecule has 0 saturated heterocycles. The summed E-state index contributed by atoms with van der Waals surface area (Å²) in [5, 5.41) is 9.72. The van der Waals surface area contributed by atoms with Crippen molar-refractivity contribution in [3.05, 3.63) is 36.3 Å². The number of carbonyl (C=O) groups excluding carboxylic acids is 1. The largest absolute Gasteiger partial charge is 0.308 e. The lowest BCUT2D eigenvalue weighted by atomic mass is 10.2. The first kappa shape index (κ1) is 10.9. The van der Waals surface area contributed by atoms with E-state index in [0.29, 0.717) is 11.4 Å². The summed E-state index contributed by atoms with van der Waals surface area (Å²) in [5.74, 6) is 5.36. The molecule has 8 heteroatoms. The first-order valence-corrected chi connectivity index (χ1v) is 4.67. The lowest BCUT2D eigenvalue weighted by molar-refractivity contribution is 0.102. The Labute approximate surface area is 96.3 Å². The normalized spacial score (nSPS) is 9.71. The number of nitrogen functional groups attached to an aromatic ring is 1. The van der Waals surface area contributed by atoms with E-state index in [2.05, 4.69) is 30.9 Å². The van der Waals surface area contributed by atoms with Gasteiger partial charge in [-0.05, 0) is 12.1 Å². The van der Waals surface area contributed by atoms with Crippen molar-refractivity contribution >= 4 is 17.7 Å². The number of carbonyl (C=O) groups is 1. The Hall–Kier alpha value is -2.61. The third kappa shape index (κ3) is 2.69. The van der Waals surface area contributed by atoms with Gasteiger partial charge in [0.25, 0.3) is 5.91 Å². The second-order valence-corrected chi connectivity index (χ2v) is 2.99. The minimum Gasteiger partial charge on any atom is -0.308 e. The van der Waals surface area contributed by atoms with E-state index < -0.39 is 0 Å². The van der Waals surface area contributed by atoms with Gasteiger partial charge in [-0.3, -0.25) is 10.1 Å². The molecule has 0 atom stereocenters. The quantitative estimate of drug-likeness (QED) is 0.494. The van der Waals surface area contributed by atoms with Crippen molar-refractivity contribution in [3.8, 4) is 0 Å². The molecule has 2 heterocycles. The first-order valence-electron chi connectivity index (χ1n) is 4.67. The summed E-state index contributed by atoms with van der Waals surface area (Å²) in [6, 6.07) is 3.05. The summed E-state index contributed by atoms with van der Waals surface area (Å²) in [4.78, 5) is 19.5. The highest BCUT2D eigenvalue weighted by Gasteiger charge is 2.08. The third-order valence-electron chi connectivity index (χ3n) is 1.88. The Morgan fingerprint density at radius 3 is 2.82 bits per heavy atom. The molecule has 8 nitrogen and oxygen atoms in total. The SMILES string of the molecule is NNc1cc(C(=O)Nc2nccnn2)ccn1. The van der Waals surface area contributed by atoms with E-state index in [4.69, 9.17) is 5.84 Å². The number of anilines is 2. The van der Waals surface area contributed by atoms with Gasteiger partial charge in [-0.25, -0.2) is 15.8 Å². The zero-order valence-electron chi connectivity index (χ0n) is 8.66. The lowest BCUT2D eigenvalue weighted by Gasteiger charge is -2.03. The number of nitrogens with one attached hydrogen (secondary N) is 2. The molecule has 0 saturated carbocycles. The number of hydrogen-bond donors (Lipinski definition) is 3. The fourth-order valence-electron chi connectivity index (χ4n) is 1.13. The maximum atomic E-state index is 11.8. The lowest BCUT2D eigenvalue weighted by Crippen LogP contribution is -2.16. The number of hydrazine groups is 1. The monoisotopic (exact) mass is 231 g/mol. The number of aromatic nitrogens is 4. The van der Waals surface area contributed by atoms with Crippen molar-refractivity contribution in [2.24, 2.45) is 5.84 Å². The molecule has 0 aliphatic carbocycles. The van der Waals surface area contributed by atoms with Gasteiger partial charge in [-0.2, -0.15) is 5.10 Å². The summed E-state index contributed by atoms with van der Waals surface area (Å²) in [6.07, 6.45) is 4.31. The molecule has 2 aromatic heterocycles. The van der Waals surface area contributed by atoms with Crippen molar-refractivity contribution < 1.29 is 4.79 Å². The van der Waals surface area contributed by atoms with Gasteiger partial charge >= 0.3 is 0 Å². The molecule has 1 amide bonds. The Kier molecular flexibility index (Phi) is 3.17. The Balaban J connectivity index is 2.14. The smallest absolute Gasteiger partial charge is 0.258 e. The second kappa shape index (κ2) is 4.94. The first-order chi connectivity index (χ1) is 8.29. The molecule has 2 rings (SSSR count). The fraction of sp³-hybridized carbons (Fsp3) is 0. The fourth-order valence-corrected chi connectivity index (χ4v) is 1.13. The predicted molar refractivity (Wildman–Crippen MR) is 59.8 cm³/mol. The molecule has 0 aromatic carbocycles. The molecule has 17 heavy (non-hydrogen) atoms. The van der Waals surface area contributed by atoms with Gasteiger partial charge in [0.1, 0.15) is 5.82 Å². The van der Waals surface area contributed by atoms with Crippen LogP contribution in [-0.4, -0.2) is 26.1 Å². The van der Waals surface area contributed by atoms with Gasteiger partial charge in [-0.1, -0.05) is 0 Å². The summed E-state index contributed by atoms with van der Waals surface area (Å²) < 4.78 is 0. The highest BCUT2D eigenvalue weighted by molar-refractivity contribution is 6.03. The average Bonchev–Trinajstić information content (AvgIpc) is 2.40. The van der Waals surface area contributed by atoms with E-state index in [1.807, 2.05) is 0 Å². The highest BCUT2D eigenvalue weighted by atomic mass is 16.1. The van der Waals surface area contributed by atoms with Gasteiger partial charge < -0.3 is 5.43 Å². The van der Waals surface area contributed by atoms with Crippen molar-refractivity contribution in [3.63, 3.8) is 0 Å². The van der Waals surface area contributed by atoms with Gasteiger partial charge in [-0.15, -0.1) is 5.10 Å². The van der Waals surface area contributed by atoms with Crippen LogP contribution < -0.4 is 16.6 Å². The molecule has 2 aromatic rings. The maximum Gasteiger partial charge on any atom is 0.258 e. The van der Waals surface area contributed by atoms with Crippen LogP contribution in [0.1, 0.15) is 10.4 Å². The van der Waals surface area contributed by atoms with Crippen LogP contribution in [0.5, 0.6) is 0 Å². The molecule has 0 unspecified atom stereocenters. The molecule has 0 aliphatic rings. The number of amides is 1.